The number of amides is 1. The first-order chi connectivity index (χ1) is 13.1. The summed E-state index contributed by atoms with van der Waals surface area (Å²) in [6, 6.07) is 8.12. The quantitative estimate of drug-likeness (QED) is 0.658. The van der Waals surface area contributed by atoms with Crippen LogP contribution in [-0.2, 0) is 4.79 Å². The molecular weight excluding hydrogens is 426 g/mol. The van der Waals surface area contributed by atoms with Crippen molar-refractivity contribution >= 4 is 45.2 Å². The van der Waals surface area contributed by atoms with Gasteiger partial charge in [0.25, 0.3) is 0 Å². The van der Waals surface area contributed by atoms with E-state index < -0.39 is 0 Å². The highest BCUT2D eigenvalue weighted by Crippen LogP contribution is 2.42. The van der Waals surface area contributed by atoms with Crippen LogP contribution < -0.4 is 10.2 Å². The molecule has 6 nitrogen and oxygen atoms in total. The Bertz CT molecular complexity index is 816. The third-order valence-electron chi connectivity index (χ3n) is 4.94. The molecule has 1 aliphatic heterocycles. The average Bonchev–Trinajstić information content (AvgIpc) is 3.42. The molecule has 1 aliphatic carbocycles. The number of carbonyl (C=O) groups excluding carboxylic acids is 1. The Kier molecular flexibility index (Phi) is 5.73. The molecule has 2 heterocycles. The standard InChI is InChI=1S/C19H24BrN5OS/c1-13(17(26)21-15-7-5-6-14(20)12-15)27-19-23-22-18(25(19)16-8-9-16)24-10-3-2-4-11-24/h5-7,12-13,16H,2-4,8-11H2,1H3,(H,21,26). The van der Waals surface area contributed by atoms with Crippen LogP contribution in [-0.4, -0.2) is 39.0 Å². The molecule has 2 aliphatic rings. The Morgan fingerprint density at radius 1 is 1.26 bits per heavy atom. The van der Waals surface area contributed by atoms with Crippen LogP contribution in [0, 0.1) is 0 Å². The maximum absolute atomic E-state index is 12.6. The van der Waals surface area contributed by atoms with Crippen LogP contribution in [0.3, 0.4) is 0 Å². The second-order valence-electron chi connectivity index (χ2n) is 7.19. The SMILES string of the molecule is CC(Sc1nnc(N2CCCCC2)n1C1CC1)C(=O)Nc1cccc(Br)c1. The van der Waals surface area contributed by atoms with E-state index in [1.807, 2.05) is 31.2 Å². The fraction of sp³-hybridized carbons (Fsp3) is 0.526. The van der Waals surface area contributed by atoms with Gasteiger partial charge in [-0.25, -0.2) is 0 Å². The van der Waals surface area contributed by atoms with Gasteiger partial charge in [-0.15, -0.1) is 10.2 Å². The predicted octanol–water partition coefficient (Wildman–Crippen LogP) is 4.49. The number of nitrogens with one attached hydrogen (secondary N) is 1. The van der Waals surface area contributed by atoms with Gasteiger partial charge >= 0.3 is 0 Å². The fourth-order valence-electron chi connectivity index (χ4n) is 3.33. The van der Waals surface area contributed by atoms with E-state index >= 15 is 0 Å². The van der Waals surface area contributed by atoms with Crippen molar-refractivity contribution in [2.45, 2.75) is 55.5 Å². The molecular formula is C19H24BrN5OS. The van der Waals surface area contributed by atoms with Gasteiger partial charge in [0, 0.05) is 29.3 Å². The van der Waals surface area contributed by atoms with Crippen molar-refractivity contribution in [2.75, 3.05) is 23.3 Å². The Balaban J connectivity index is 1.46. The van der Waals surface area contributed by atoms with Gasteiger partial charge in [-0.2, -0.15) is 0 Å². The molecule has 1 aromatic heterocycles. The normalized spacial score (nSPS) is 18.4. The first kappa shape index (κ1) is 18.8. The molecule has 1 N–H and O–H groups in total. The Labute approximate surface area is 172 Å². The molecule has 1 atom stereocenters. The molecule has 1 saturated heterocycles. The van der Waals surface area contributed by atoms with Crippen molar-refractivity contribution in [1.82, 2.24) is 14.8 Å². The molecule has 0 spiro atoms. The predicted molar refractivity (Wildman–Crippen MR) is 112 cm³/mol. The van der Waals surface area contributed by atoms with Crippen molar-refractivity contribution in [3.05, 3.63) is 28.7 Å². The number of thioether (sulfide) groups is 1. The summed E-state index contributed by atoms with van der Waals surface area (Å²) in [5.41, 5.74) is 0.791. The average molecular weight is 450 g/mol. The molecule has 0 bridgehead atoms. The van der Waals surface area contributed by atoms with E-state index in [1.54, 1.807) is 0 Å². The first-order valence-electron chi connectivity index (χ1n) is 9.55. The topological polar surface area (TPSA) is 63.1 Å². The van der Waals surface area contributed by atoms with Crippen molar-refractivity contribution in [1.29, 1.82) is 0 Å². The highest BCUT2D eigenvalue weighted by molar-refractivity contribution is 9.10. The summed E-state index contributed by atoms with van der Waals surface area (Å²) in [5, 5.41) is 12.5. The van der Waals surface area contributed by atoms with Gasteiger partial charge in [-0.1, -0.05) is 33.8 Å². The maximum atomic E-state index is 12.6. The van der Waals surface area contributed by atoms with Crippen LogP contribution in [0.5, 0.6) is 0 Å². The first-order valence-corrected chi connectivity index (χ1v) is 11.2. The number of benzene rings is 1. The maximum Gasteiger partial charge on any atom is 0.237 e. The minimum absolute atomic E-state index is 0.0250. The molecule has 27 heavy (non-hydrogen) atoms. The molecule has 1 amide bonds. The number of nitrogens with zero attached hydrogens (tertiary/aromatic N) is 4. The third-order valence-corrected chi connectivity index (χ3v) is 6.49. The van der Waals surface area contributed by atoms with Crippen LogP contribution in [0.25, 0.3) is 0 Å². The highest BCUT2D eigenvalue weighted by Gasteiger charge is 2.33. The van der Waals surface area contributed by atoms with Crippen molar-refractivity contribution in [3.8, 4) is 0 Å². The smallest absolute Gasteiger partial charge is 0.237 e. The minimum Gasteiger partial charge on any atom is -0.341 e. The lowest BCUT2D eigenvalue weighted by molar-refractivity contribution is -0.115. The van der Waals surface area contributed by atoms with Crippen LogP contribution in [0.1, 0.15) is 45.1 Å². The summed E-state index contributed by atoms with van der Waals surface area (Å²) in [6.07, 6.45) is 6.06. The van der Waals surface area contributed by atoms with Gasteiger partial charge in [0.1, 0.15) is 0 Å². The molecule has 144 valence electrons. The number of anilines is 2. The number of hydrogen-bond donors (Lipinski definition) is 1. The monoisotopic (exact) mass is 449 g/mol. The van der Waals surface area contributed by atoms with Crippen molar-refractivity contribution < 1.29 is 4.79 Å². The number of rotatable bonds is 6. The van der Waals surface area contributed by atoms with Gasteiger partial charge in [-0.05, 0) is 57.2 Å². The summed E-state index contributed by atoms with van der Waals surface area (Å²) in [7, 11) is 0. The summed E-state index contributed by atoms with van der Waals surface area (Å²) in [5.74, 6) is 0.960. The number of carbonyl (C=O) groups is 1. The number of piperidine rings is 1. The second-order valence-corrected chi connectivity index (χ2v) is 9.41. The van der Waals surface area contributed by atoms with E-state index in [-0.39, 0.29) is 11.2 Å². The zero-order valence-corrected chi connectivity index (χ0v) is 17.8. The number of hydrogen-bond acceptors (Lipinski definition) is 5. The number of aromatic nitrogens is 3. The summed E-state index contributed by atoms with van der Waals surface area (Å²) in [6.45, 7) is 4.02. The minimum atomic E-state index is -0.250. The Morgan fingerprint density at radius 3 is 2.74 bits per heavy atom. The summed E-state index contributed by atoms with van der Waals surface area (Å²) < 4.78 is 3.21. The van der Waals surface area contributed by atoms with Crippen LogP contribution in [0.4, 0.5) is 11.6 Å². The summed E-state index contributed by atoms with van der Waals surface area (Å²) >= 11 is 4.93. The van der Waals surface area contributed by atoms with Crippen LogP contribution >= 0.6 is 27.7 Å². The van der Waals surface area contributed by atoms with Gasteiger partial charge < -0.3 is 10.2 Å². The van der Waals surface area contributed by atoms with E-state index in [2.05, 4.69) is 40.9 Å². The molecule has 1 unspecified atom stereocenters. The van der Waals surface area contributed by atoms with E-state index in [0.29, 0.717) is 6.04 Å². The molecule has 0 radical (unpaired) electrons. The van der Waals surface area contributed by atoms with Crippen molar-refractivity contribution in [3.63, 3.8) is 0 Å². The zero-order chi connectivity index (χ0) is 18.8. The van der Waals surface area contributed by atoms with E-state index in [9.17, 15) is 4.79 Å². The lowest BCUT2D eigenvalue weighted by atomic mass is 10.1. The molecule has 4 rings (SSSR count). The van der Waals surface area contributed by atoms with E-state index in [0.717, 1.165) is 34.4 Å². The summed E-state index contributed by atoms with van der Waals surface area (Å²) in [4.78, 5) is 15.0. The van der Waals surface area contributed by atoms with E-state index in [4.69, 9.17) is 0 Å². The Hall–Kier alpha value is -1.54. The molecule has 1 saturated carbocycles. The van der Waals surface area contributed by atoms with Gasteiger partial charge in [0.15, 0.2) is 5.16 Å². The van der Waals surface area contributed by atoms with Crippen molar-refractivity contribution in [2.24, 2.45) is 0 Å². The molecule has 1 aromatic carbocycles. The number of halogens is 1. The van der Waals surface area contributed by atoms with E-state index in [1.165, 1.54) is 43.9 Å². The molecule has 2 fully saturated rings. The lowest BCUT2D eigenvalue weighted by Crippen LogP contribution is -2.32. The molecule has 8 heteroatoms. The second kappa shape index (κ2) is 8.22. The lowest BCUT2D eigenvalue weighted by Gasteiger charge is -2.28. The van der Waals surface area contributed by atoms with Crippen LogP contribution in [0.2, 0.25) is 0 Å². The van der Waals surface area contributed by atoms with Gasteiger partial charge in [0.05, 0.1) is 5.25 Å². The molecule has 2 aromatic rings. The third kappa shape index (κ3) is 4.48. The van der Waals surface area contributed by atoms with Gasteiger partial charge in [0.2, 0.25) is 11.9 Å². The fourth-order valence-corrected chi connectivity index (χ4v) is 4.65. The highest BCUT2D eigenvalue weighted by atomic mass is 79.9. The van der Waals surface area contributed by atoms with Crippen LogP contribution in [0.15, 0.2) is 33.9 Å². The van der Waals surface area contributed by atoms with Gasteiger partial charge in [-0.3, -0.25) is 9.36 Å². The largest absolute Gasteiger partial charge is 0.341 e. The Morgan fingerprint density at radius 2 is 2.04 bits per heavy atom. The zero-order valence-electron chi connectivity index (χ0n) is 15.4.